The van der Waals surface area contributed by atoms with Crippen LogP contribution in [0.1, 0.15) is 32.3 Å². The zero-order valence-electron chi connectivity index (χ0n) is 11.7. The molecule has 104 valence electrons. The fourth-order valence-electron chi connectivity index (χ4n) is 2.77. The molecule has 0 bridgehead atoms. The Morgan fingerprint density at radius 2 is 2.16 bits per heavy atom. The SMILES string of the molecule is COc1ccc(Br)c(CC2=CC(Cl)CC(C)(C)C2)c1. The maximum atomic E-state index is 6.35. The first kappa shape index (κ1) is 14.9. The number of hydrogen-bond donors (Lipinski definition) is 0. The summed E-state index contributed by atoms with van der Waals surface area (Å²) in [7, 11) is 1.70. The molecule has 1 aromatic carbocycles. The highest BCUT2D eigenvalue weighted by atomic mass is 79.9. The van der Waals surface area contributed by atoms with Crippen LogP contribution in [-0.2, 0) is 6.42 Å². The molecule has 0 aromatic heterocycles. The molecule has 1 aromatic rings. The fourth-order valence-corrected chi connectivity index (χ4v) is 3.75. The van der Waals surface area contributed by atoms with Crippen molar-refractivity contribution in [3.8, 4) is 5.75 Å². The molecule has 0 aliphatic heterocycles. The van der Waals surface area contributed by atoms with Crippen LogP contribution in [0.5, 0.6) is 5.75 Å². The lowest BCUT2D eigenvalue weighted by Crippen LogP contribution is -2.22. The number of benzene rings is 1. The van der Waals surface area contributed by atoms with Crippen LogP contribution in [0.25, 0.3) is 0 Å². The number of halogens is 2. The van der Waals surface area contributed by atoms with E-state index in [0.29, 0.717) is 5.41 Å². The minimum absolute atomic E-state index is 0.156. The Balaban J connectivity index is 2.21. The lowest BCUT2D eigenvalue weighted by molar-refractivity contribution is 0.320. The third kappa shape index (κ3) is 4.00. The molecule has 0 heterocycles. The normalized spacial score (nSPS) is 21.9. The molecule has 3 heteroatoms. The lowest BCUT2D eigenvalue weighted by atomic mass is 9.76. The highest BCUT2D eigenvalue weighted by molar-refractivity contribution is 9.10. The molecule has 19 heavy (non-hydrogen) atoms. The van der Waals surface area contributed by atoms with Crippen LogP contribution in [0.3, 0.4) is 0 Å². The second-order valence-electron chi connectivity index (χ2n) is 6.02. The predicted molar refractivity (Wildman–Crippen MR) is 85.1 cm³/mol. The van der Waals surface area contributed by atoms with E-state index in [1.165, 1.54) is 11.1 Å². The van der Waals surface area contributed by atoms with Crippen LogP contribution >= 0.6 is 27.5 Å². The van der Waals surface area contributed by atoms with Gasteiger partial charge in [0.15, 0.2) is 0 Å². The quantitative estimate of drug-likeness (QED) is 0.530. The number of methoxy groups -OCH3 is 1. The average Bonchev–Trinajstić information content (AvgIpc) is 2.29. The summed E-state index contributed by atoms with van der Waals surface area (Å²) >= 11 is 9.96. The van der Waals surface area contributed by atoms with E-state index in [9.17, 15) is 0 Å². The second kappa shape index (κ2) is 5.88. The van der Waals surface area contributed by atoms with Crippen molar-refractivity contribution in [2.45, 2.75) is 38.5 Å². The van der Waals surface area contributed by atoms with E-state index >= 15 is 0 Å². The van der Waals surface area contributed by atoms with E-state index in [4.69, 9.17) is 16.3 Å². The van der Waals surface area contributed by atoms with Crippen molar-refractivity contribution in [3.05, 3.63) is 39.9 Å². The van der Waals surface area contributed by atoms with Gasteiger partial charge in [-0.05, 0) is 48.4 Å². The molecular formula is C16H20BrClO. The third-order valence-corrected chi connectivity index (χ3v) is 4.59. The molecule has 0 saturated heterocycles. The van der Waals surface area contributed by atoms with E-state index in [1.54, 1.807) is 7.11 Å². The monoisotopic (exact) mass is 342 g/mol. The Morgan fingerprint density at radius 3 is 2.79 bits per heavy atom. The highest BCUT2D eigenvalue weighted by Gasteiger charge is 2.27. The van der Waals surface area contributed by atoms with Crippen molar-refractivity contribution < 1.29 is 4.74 Å². The molecule has 0 spiro atoms. The lowest BCUT2D eigenvalue weighted by Gasteiger charge is -2.32. The van der Waals surface area contributed by atoms with Gasteiger partial charge in [0.1, 0.15) is 5.75 Å². The van der Waals surface area contributed by atoms with Gasteiger partial charge in [0.2, 0.25) is 0 Å². The standard InChI is InChI=1S/C16H20BrClO/c1-16(2)9-11(7-13(18)10-16)6-12-8-14(19-3)4-5-15(12)17/h4-5,7-8,13H,6,9-10H2,1-3H3. The first-order valence-electron chi connectivity index (χ1n) is 6.56. The van der Waals surface area contributed by atoms with Crippen LogP contribution in [0.15, 0.2) is 34.3 Å². The maximum Gasteiger partial charge on any atom is 0.119 e. The summed E-state index contributed by atoms with van der Waals surface area (Å²) in [5, 5.41) is 0.156. The third-order valence-electron chi connectivity index (χ3n) is 3.54. The molecule has 0 saturated carbocycles. The van der Waals surface area contributed by atoms with E-state index in [2.05, 4.69) is 41.9 Å². The maximum absolute atomic E-state index is 6.35. The van der Waals surface area contributed by atoms with Crippen molar-refractivity contribution in [2.75, 3.05) is 7.11 Å². The Kier molecular flexibility index (Phi) is 4.62. The highest BCUT2D eigenvalue weighted by Crippen LogP contribution is 2.39. The van der Waals surface area contributed by atoms with Crippen LogP contribution in [0.2, 0.25) is 0 Å². The number of rotatable bonds is 3. The van der Waals surface area contributed by atoms with Gasteiger partial charge in [0, 0.05) is 4.47 Å². The van der Waals surface area contributed by atoms with Crippen molar-refractivity contribution in [1.29, 1.82) is 0 Å². The van der Waals surface area contributed by atoms with Crippen molar-refractivity contribution in [1.82, 2.24) is 0 Å². The van der Waals surface area contributed by atoms with E-state index < -0.39 is 0 Å². The molecule has 1 atom stereocenters. The van der Waals surface area contributed by atoms with E-state index in [0.717, 1.165) is 29.5 Å². The first-order chi connectivity index (χ1) is 8.89. The van der Waals surface area contributed by atoms with Gasteiger partial charge < -0.3 is 4.74 Å². The fraction of sp³-hybridized carbons (Fsp3) is 0.500. The number of alkyl halides is 1. The predicted octanol–water partition coefficient (Wildman–Crippen LogP) is 5.35. The smallest absolute Gasteiger partial charge is 0.119 e. The number of ether oxygens (including phenoxy) is 1. The molecule has 0 fully saturated rings. The first-order valence-corrected chi connectivity index (χ1v) is 7.79. The van der Waals surface area contributed by atoms with Crippen molar-refractivity contribution in [2.24, 2.45) is 5.41 Å². The summed E-state index contributed by atoms with van der Waals surface area (Å²) in [5.74, 6) is 0.899. The van der Waals surface area contributed by atoms with Gasteiger partial charge in [-0.25, -0.2) is 0 Å². The molecular weight excluding hydrogens is 324 g/mol. The largest absolute Gasteiger partial charge is 0.497 e. The summed E-state index contributed by atoms with van der Waals surface area (Å²) in [6.07, 6.45) is 5.32. The van der Waals surface area contributed by atoms with Crippen LogP contribution in [0.4, 0.5) is 0 Å². The second-order valence-corrected chi connectivity index (χ2v) is 7.44. The summed E-state index contributed by atoms with van der Waals surface area (Å²) in [5.41, 5.74) is 2.97. The van der Waals surface area contributed by atoms with Crippen LogP contribution < -0.4 is 4.74 Å². The molecule has 0 radical (unpaired) electrons. The van der Waals surface area contributed by atoms with Gasteiger partial charge in [-0.15, -0.1) is 11.6 Å². The van der Waals surface area contributed by atoms with Crippen LogP contribution in [0, 0.1) is 5.41 Å². The van der Waals surface area contributed by atoms with Gasteiger partial charge in [-0.1, -0.05) is 41.4 Å². The minimum Gasteiger partial charge on any atom is -0.497 e. The Bertz CT molecular complexity index is 494. The molecule has 2 rings (SSSR count). The van der Waals surface area contributed by atoms with Crippen molar-refractivity contribution in [3.63, 3.8) is 0 Å². The topological polar surface area (TPSA) is 9.23 Å². The van der Waals surface area contributed by atoms with E-state index in [1.807, 2.05) is 12.1 Å². The average molecular weight is 344 g/mol. The molecule has 1 aliphatic rings. The molecule has 0 N–H and O–H groups in total. The molecule has 1 nitrogen and oxygen atoms in total. The zero-order chi connectivity index (χ0) is 14.0. The zero-order valence-corrected chi connectivity index (χ0v) is 14.0. The molecule has 1 aliphatic carbocycles. The summed E-state index contributed by atoms with van der Waals surface area (Å²) in [6, 6.07) is 6.10. The molecule has 0 amide bonds. The van der Waals surface area contributed by atoms with E-state index in [-0.39, 0.29) is 5.38 Å². The molecule has 1 unspecified atom stereocenters. The Labute approximate surface area is 129 Å². The van der Waals surface area contributed by atoms with Gasteiger partial charge in [0.25, 0.3) is 0 Å². The van der Waals surface area contributed by atoms with Crippen molar-refractivity contribution >= 4 is 27.5 Å². The Morgan fingerprint density at radius 1 is 1.42 bits per heavy atom. The summed E-state index contributed by atoms with van der Waals surface area (Å²) in [6.45, 7) is 4.58. The van der Waals surface area contributed by atoms with Gasteiger partial charge in [0.05, 0.1) is 12.5 Å². The Hall–Kier alpha value is -0.470. The summed E-state index contributed by atoms with van der Waals surface area (Å²) < 4.78 is 6.42. The number of allylic oxidation sites excluding steroid dienone is 2. The van der Waals surface area contributed by atoms with Gasteiger partial charge >= 0.3 is 0 Å². The minimum atomic E-state index is 0.156. The number of hydrogen-bond acceptors (Lipinski definition) is 1. The van der Waals surface area contributed by atoms with Gasteiger partial charge in [-0.2, -0.15) is 0 Å². The summed E-state index contributed by atoms with van der Waals surface area (Å²) in [4.78, 5) is 0. The van der Waals surface area contributed by atoms with Gasteiger partial charge in [-0.3, -0.25) is 0 Å². The van der Waals surface area contributed by atoms with Crippen LogP contribution in [-0.4, -0.2) is 12.5 Å².